The number of allylic oxidation sites excluding steroid dienone is 2. The summed E-state index contributed by atoms with van der Waals surface area (Å²) >= 11 is 12.7. The summed E-state index contributed by atoms with van der Waals surface area (Å²) in [6, 6.07) is 21.0. The van der Waals surface area contributed by atoms with Crippen molar-refractivity contribution in [3.05, 3.63) is 118 Å². The molecule has 1 amide bonds. The van der Waals surface area contributed by atoms with Crippen molar-refractivity contribution in [3.63, 3.8) is 0 Å². The summed E-state index contributed by atoms with van der Waals surface area (Å²) < 4.78 is 17.7. The number of ether oxygens (including phenoxy) is 3. The highest BCUT2D eigenvalue weighted by molar-refractivity contribution is 6.30. The van der Waals surface area contributed by atoms with Crippen LogP contribution in [0.15, 0.2) is 102 Å². The molecule has 0 radical (unpaired) electrons. The zero-order chi connectivity index (χ0) is 30.1. The normalized spacial score (nSPS) is 25.0. The summed E-state index contributed by atoms with van der Waals surface area (Å²) in [6.07, 6.45) is 6.58. The van der Waals surface area contributed by atoms with Crippen LogP contribution in [0.5, 0.6) is 0 Å². The van der Waals surface area contributed by atoms with Gasteiger partial charge in [0.05, 0.1) is 31.8 Å². The van der Waals surface area contributed by atoms with Gasteiger partial charge in [-0.15, -0.1) is 11.6 Å². The Balaban J connectivity index is 1.16. The summed E-state index contributed by atoms with van der Waals surface area (Å²) in [6.45, 7) is 1.98. The number of rotatable bonds is 7. The van der Waals surface area contributed by atoms with E-state index in [1.165, 1.54) is 0 Å². The molecule has 1 saturated heterocycles. The van der Waals surface area contributed by atoms with Crippen LogP contribution in [0.1, 0.15) is 48.2 Å². The van der Waals surface area contributed by atoms with Crippen LogP contribution in [-0.4, -0.2) is 48.0 Å². The van der Waals surface area contributed by atoms with Crippen LogP contribution in [0.4, 0.5) is 0 Å². The average Bonchev–Trinajstić information content (AvgIpc) is 3.29. The molecule has 1 aliphatic carbocycles. The van der Waals surface area contributed by atoms with Crippen molar-refractivity contribution in [2.75, 3.05) is 13.7 Å². The second-order valence-electron chi connectivity index (χ2n) is 11.2. The van der Waals surface area contributed by atoms with Gasteiger partial charge in [-0.3, -0.25) is 9.59 Å². The third-order valence-corrected chi connectivity index (χ3v) is 9.13. The highest BCUT2D eigenvalue weighted by atomic mass is 35.5. The van der Waals surface area contributed by atoms with Gasteiger partial charge < -0.3 is 19.1 Å². The second kappa shape index (κ2) is 12.6. The first-order valence-electron chi connectivity index (χ1n) is 14.5. The number of hydrogen-bond donors (Lipinski definition) is 0. The summed E-state index contributed by atoms with van der Waals surface area (Å²) in [4.78, 5) is 28.6. The fourth-order valence-electron chi connectivity index (χ4n) is 6.41. The number of alkyl halides is 1. The van der Waals surface area contributed by atoms with E-state index in [1.54, 1.807) is 36.3 Å². The molecule has 0 spiro atoms. The fraction of sp³-hybridized carbons (Fsp3) is 0.314. The van der Waals surface area contributed by atoms with Crippen LogP contribution in [0.25, 0.3) is 10.8 Å². The van der Waals surface area contributed by atoms with Gasteiger partial charge in [-0.05, 0) is 78.1 Å². The first kappa shape index (κ1) is 29.5. The van der Waals surface area contributed by atoms with Gasteiger partial charge in [0.15, 0.2) is 0 Å². The summed E-state index contributed by atoms with van der Waals surface area (Å²) in [5.74, 6) is -0.0610. The lowest BCUT2D eigenvalue weighted by Crippen LogP contribution is -2.37. The largest absolute Gasteiger partial charge is 0.497 e. The summed E-state index contributed by atoms with van der Waals surface area (Å²) in [5, 5.41) is 2.75. The van der Waals surface area contributed by atoms with E-state index in [0.717, 1.165) is 27.6 Å². The number of methoxy groups -OCH3 is 1. The molecular formula is C35H33Cl2NO5. The van der Waals surface area contributed by atoms with Crippen LogP contribution >= 0.6 is 23.2 Å². The molecule has 0 bridgehead atoms. The number of esters is 1. The Kier molecular flexibility index (Phi) is 8.62. The predicted octanol–water partition coefficient (Wildman–Crippen LogP) is 7.77. The van der Waals surface area contributed by atoms with Gasteiger partial charge in [-0.1, -0.05) is 60.1 Å². The minimum Gasteiger partial charge on any atom is -0.497 e. The molecule has 2 aliphatic heterocycles. The zero-order valence-corrected chi connectivity index (χ0v) is 25.6. The molecule has 1 fully saturated rings. The second-order valence-corrected chi connectivity index (χ2v) is 12.2. The quantitative estimate of drug-likeness (QED) is 0.200. The molecule has 6 rings (SSSR count). The van der Waals surface area contributed by atoms with E-state index >= 15 is 0 Å². The highest BCUT2D eigenvalue weighted by Gasteiger charge is 2.42. The van der Waals surface area contributed by atoms with E-state index in [9.17, 15) is 9.59 Å². The Morgan fingerprint density at radius 3 is 2.58 bits per heavy atom. The van der Waals surface area contributed by atoms with Crippen molar-refractivity contribution in [2.45, 2.75) is 49.8 Å². The van der Waals surface area contributed by atoms with Gasteiger partial charge in [-0.25, -0.2) is 0 Å². The molecule has 2 unspecified atom stereocenters. The van der Waals surface area contributed by atoms with Crippen LogP contribution < -0.4 is 0 Å². The Morgan fingerprint density at radius 2 is 1.79 bits per heavy atom. The predicted molar refractivity (Wildman–Crippen MR) is 168 cm³/mol. The number of carbonyl (C=O) groups is 2. The molecular weight excluding hydrogens is 585 g/mol. The van der Waals surface area contributed by atoms with Gasteiger partial charge in [0.2, 0.25) is 0 Å². The van der Waals surface area contributed by atoms with E-state index in [4.69, 9.17) is 37.4 Å². The van der Waals surface area contributed by atoms with Crippen LogP contribution in [-0.2, 0) is 19.0 Å². The van der Waals surface area contributed by atoms with Crippen molar-refractivity contribution < 1.29 is 23.8 Å². The summed E-state index contributed by atoms with van der Waals surface area (Å²) in [7, 11) is 1.60. The van der Waals surface area contributed by atoms with Crippen molar-refractivity contribution >= 4 is 45.9 Å². The third kappa shape index (κ3) is 6.10. The number of amides is 1. The van der Waals surface area contributed by atoms with Crippen molar-refractivity contribution in [2.24, 2.45) is 5.92 Å². The lowest BCUT2D eigenvalue weighted by Gasteiger charge is -2.33. The molecule has 2 heterocycles. The number of fused-ring (bicyclic) bond motifs is 2. The number of carbonyl (C=O) groups excluding carboxylic acids is 2. The molecule has 43 heavy (non-hydrogen) atoms. The minimum atomic E-state index is -0.377. The lowest BCUT2D eigenvalue weighted by molar-refractivity contribution is -0.151. The molecule has 222 valence electrons. The Labute approximate surface area is 261 Å². The van der Waals surface area contributed by atoms with Crippen LogP contribution in [0.3, 0.4) is 0 Å². The smallest absolute Gasteiger partial charge is 0.310 e. The minimum absolute atomic E-state index is 0.0442. The van der Waals surface area contributed by atoms with E-state index in [0.29, 0.717) is 29.2 Å². The third-order valence-electron chi connectivity index (χ3n) is 8.52. The Bertz CT molecular complexity index is 1620. The van der Waals surface area contributed by atoms with Gasteiger partial charge in [0.25, 0.3) is 5.91 Å². The molecule has 3 aromatic rings. The van der Waals surface area contributed by atoms with E-state index in [-0.39, 0.29) is 54.4 Å². The molecule has 0 saturated carbocycles. The molecule has 3 aromatic carbocycles. The average molecular weight is 619 g/mol. The Morgan fingerprint density at radius 1 is 1.02 bits per heavy atom. The van der Waals surface area contributed by atoms with Gasteiger partial charge >= 0.3 is 5.97 Å². The standard InChI is InChI=1S/C35H33Cl2NO5/c1-21-30(31-18-26(41-2)14-15-32(31)38(21)35(40)23-10-12-24(36)13-11-23)19-34(39)42-20-27-16-25(37)17-33(43-27)29-9-5-7-22-6-3-4-8-28(22)29/h3-15,18,25,27,31-33H,16-17,19-20H2,1-2H3/t25-,27-,31?,32?,33+/m0/s1. The van der Waals surface area contributed by atoms with Gasteiger partial charge in [0, 0.05) is 27.6 Å². The molecule has 3 aliphatic rings. The SMILES string of the molecule is COC1=CC2C(CC(=O)OC[C@@H]3C[C@H](Cl)C[C@H](c4cccc5ccccc45)O3)=C(C)N(C(=O)c3ccc(Cl)cc3)C2C=C1. The monoisotopic (exact) mass is 617 g/mol. The number of hydrogen-bond acceptors (Lipinski definition) is 5. The lowest BCUT2D eigenvalue weighted by atomic mass is 9.88. The van der Waals surface area contributed by atoms with Crippen molar-refractivity contribution in [3.8, 4) is 0 Å². The maximum Gasteiger partial charge on any atom is 0.310 e. The van der Waals surface area contributed by atoms with Crippen molar-refractivity contribution in [1.29, 1.82) is 0 Å². The van der Waals surface area contributed by atoms with E-state index in [1.807, 2.05) is 43.4 Å². The number of nitrogens with zero attached hydrogens (tertiary/aromatic N) is 1. The zero-order valence-electron chi connectivity index (χ0n) is 24.0. The topological polar surface area (TPSA) is 65.1 Å². The molecule has 8 heteroatoms. The molecule has 0 aromatic heterocycles. The van der Waals surface area contributed by atoms with Crippen LogP contribution in [0, 0.1) is 5.92 Å². The van der Waals surface area contributed by atoms with E-state index in [2.05, 4.69) is 24.3 Å². The van der Waals surface area contributed by atoms with E-state index < -0.39 is 0 Å². The van der Waals surface area contributed by atoms with Gasteiger partial charge in [-0.2, -0.15) is 0 Å². The molecule has 0 N–H and O–H groups in total. The van der Waals surface area contributed by atoms with Crippen LogP contribution in [0.2, 0.25) is 5.02 Å². The molecule has 6 nitrogen and oxygen atoms in total. The summed E-state index contributed by atoms with van der Waals surface area (Å²) in [5.41, 5.74) is 3.17. The maximum atomic E-state index is 13.6. The van der Waals surface area contributed by atoms with Gasteiger partial charge in [0.1, 0.15) is 12.4 Å². The number of benzene rings is 3. The first-order chi connectivity index (χ1) is 20.8. The maximum absolute atomic E-state index is 13.6. The number of halogens is 2. The molecule has 5 atom stereocenters. The highest BCUT2D eigenvalue weighted by Crippen LogP contribution is 2.42. The van der Waals surface area contributed by atoms with Crippen molar-refractivity contribution in [1.82, 2.24) is 4.90 Å². The fourth-order valence-corrected chi connectivity index (χ4v) is 6.89. The Hall–Kier alpha value is -3.58. The first-order valence-corrected chi connectivity index (χ1v) is 15.3.